The van der Waals surface area contributed by atoms with Gasteiger partial charge in [-0.2, -0.15) is 0 Å². The van der Waals surface area contributed by atoms with Gasteiger partial charge in [0.05, 0.1) is 10.7 Å². The second kappa shape index (κ2) is 5.84. The Balaban J connectivity index is 2.83. The summed E-state index contributed by atoms with van der Waals surface area (Å²) in [6.45, 7) is 3.62. The zero-order valence-electron chi connectivity index (χ0n) is 9.58. The van der Waals surface area contributed by atoms with E-state index in [0.717, 1.165) is 0 Å². The lowest BCUT2D eigenvalue weighted by Crippen LogP contribution is -2.19. The van der Waals surface area contributed by atoms with Crippen LogP contribution in [0.2, 0.25) is 5.02 Å². The Morgan fingerprint density at radius 1 is 1.41 bits per heavy atom. The Labute approximate surface area is 111 Å². The highest BCUT2D eigenvalue weighted by atomic mass is 35.5. The van der Waals surface area contributed by atoms with E-state index in [9.17, 15) is 4.79 Å². The highest BCUT2D eigenvalue weighted by Crippen LogP contribution is 2.25. The number of nitrogens with one attached hydrogen (secondary N) is 2. The molecule has 0 bridgehead atoms. The third-order valence-corrected chi connectivity index (χ3v) is 2.43. The second-order valence-corrected chi connectivity index (χ2v) is 4.67. The van der Waals surface area contributed by atoms with Crippen LogP contribution in [0.15, 0.2) is 18.2 Å². The van der Waals surface area contributed by atoms with Gasteiger partial charge >= 0.3 is 0 Å². The SMILES string of the molecule is CC(C)C(=O)Nc1ccc(NC(N)=S)cc1Cl. The van der Waals surface area contributed by atoms with E-state index in [2.05, 4.69) is 10.6 Å². The van der Waals surface area contributed by atoms with Crippen LogP contribution in [0.4, 0.5) is 11.4 Å². The number of amides is 1. The minimum Gasteiger partial charge on any atom is -0.376 e. The second-order valence-electron chi connectivity index (χ2n) is 3.83. The van der Waals surface area contributed by atoms with Crippen LogP contribution in [0.3, 0.4) is 0 Å². The summed E-state index contributed by atoms with van der Waals surface area (Å²) in [5.41, 5.74) is 6.59. The highest BCUT2D eigenvalue weighted by Gasteiger charge is 2.09. The maximum atomic E-state index is 11.5. The molecule has 0 radical (unpaired) electrons. The van der Waals surface area contributed by atoms with Gasteiger partial charge in [-0.15, -0.1) is 0 Å². The Bertz CT molecular complexity index is 448. The van der Waals surface area contributed by atoms with Gasteiger partial charge in [-0.1, -0.05) is 25.4 Å². The number of rotatable bonds is 3. The minimum absolute atomic E-state index is 0.0815. The molecule has 0 fully saturated rings. The molecule has 0 spiro atoms. The standard InChI is InChI=1S/C11H14ClN3OS/c1-6(2)10(16)15-9-4-3-7(5-8(9)12)14-11(13)17/h3-6H,1-2H3,(H,15,16)(H3,13,14,17). The van der Waals surface area contributed by atoms with E-state index in [1.807, 2.05) is 13.8 Å². The van der Waals surface area contributed by atoms with Crippen LogP contribution < -0.4 is 16.4 Å². The van der Waals surface area contributed by atoms with Crippen LogP contribution in [-0.4, -0.2) is 11.0 Å². The van der Waals surface area contributed by atoms with Crippen molar-refractivity contribution in [3.05, 3.63) is 23.2 Å². The predicted molar refractivity (Wildman–Crippen MR) is 75.3 cm³/mol. The highest BCUT2D eigenvalue weighted by molar-refractivity contribution is 7.80. The summed E-state index contributed by atoms with van der Waals surface area (Å²) in [5, 5.41) is 6.09. The van der Waals surface area contributed by atoms with E-state index in [1.54, 1.807) is 18.2 Å². The Kier molecular flexibility index (Phi) is 4.72. The summed E-state index contributed by atoms with van der Waals surface area (Å²) in [5.74, 6) is -0.178. The first kappa shape index (κ1) is 13.7. The van der Waals surface area contributed by atoms with Gasteiger partial charge in [0, 0.05) is 11.6 Å². The third kappa shape index (κ3) is 4.20. The number of anilines is 2. The molecule has 6 heteroatoms. The first-order chi connectivity index (χ1) is 7.90. The molecule has 0 heterocycles. The number of halogens is 1. The van der Waals surface area contributed by atoms with Gasteiger partial charge in [-0.3, -0.25) is 4.79 Å². The lowest BCUT2D eigenvalue weighted by Gasteiger charge is -2.11. The normalized spacial score (nSPS) is 10.1. The van der Waals surface area contributed by atoms with Crippen molar-refractivity contribution < 1.29 is 4.79 Å². The smallest absolute Gasteiger partial charge is 0.226 e. The fraction of sp³-hybridized carbons (Fsp3) is 0.273. The molecule has 1 aromatic rings. The lowest BCUT2D eigenvalue weighted by molar-refractivity contribution is -0.118. The molecule has 0 atom stereocenters. The summed E-state index contributed by atoms with van der Waals surface area (Å²) < 4.78 is 0. The quantitative estimate of drug-likeness (QED) is 0.739. The van der Waals surface area contributed by atoms with Gasteiger partial charge in [0.2, 0.25) is 5.91 Å². The zero-order chi connectivity index (χ0) is 13.0. The molecule has 0 saturated heterocycles. The fourth-order valence-corrected chi connectivity index (χ4v) is 1.46. The lowest BCUT2D eigenvalue weighted by atomic mass is 10.2. The van der Waals surface area contributed by atoms with Crippen molar-refractivity contribution in [2.45, 2.75) is 13.8 Å². The van der Waals surface area contributed by atoms with Crippen molar-refractivity contribution in [2.24, 2.45) is 11.7 Å². The number of hydrogen-bond acceptors (Lipinski definition) is 2. The molecule has 0 unspecified atom stereocenters. The van der Waals surface area contributed by atoms with Crippen molar-refractivity contribution in [2.75, 3.05) is 10.6 Å². The van der Waals surface area contributed by atoms with Crippen molar-refractivity contribution in [3.8, 4) is 0 Å². The zero-order valence-corrected chi connectivity index (χ0v) is 11.2. The van der Waals surface area contributed by atoms with Gasteiger partial charge < -0.3 is 16.4 Å². The Morgan fingerprint density at radius 3 is 2.53 bits per heavy atom. The molecule has 0 aromatic heterocycles. The molecule has 0 aliphatic rings. The van der Waals surface area contributed by atoms with Gasteiger partial charge in [0.25, 0.3) is 0 Å². The summed E-state index contributed by atoms with van der Waals surface area (Å²) in [7, 11) is 0. The molecule has 0 aliphatic carbocycles. The van der Waals surface area contributed by atoms with Crippen LogP contribution in [0, 0.1) is 5.92 Å². The third-order valence-electron chi connectivity index (χ3n) is 2.02. The minimum atomic E-state index is -0.0968. The summed E-state index contributed by atoms with van der Waals surface area (Å²) >= 11 is 10.7. The van der Waals surface area contributed by atoms with Crippen molar-refractivity contribution in [3.63, 3.8) is 0 Å². The van der Waals surface area contributed by atoms with Crippen molar-refractivity contribution in [1.29, 1.82) is 0 Å². The number of carbonyl (C=O) groups is 1. The average molecular weight is 272 g/mol. The van der Waals surface area contributed by atoms with E-state index in [-0.39, 0.29) is 16.9 Å². The molecule has 17 heavy (non-hydrogen) atoms. The van der Waals surface area contributed by atoms with E-state index >= 15 is 0 Å². The van der Waals surface area contributed by atoms with Crippen LogP contribution >= 0.6 is 23.8 Å². The molecule has 1 amide bonds. The molecule has 0 aliphatic heterocycles. The van der Waals surface area contributed by atoms with Crippen LogP contribution in [-0.2, 0) is 4.79 Å². The Hall–Kier alpha value is -1.33. The molecule has 0 saturated carbocycles. The summed E-state index contributed by atoms with van der Waals surface area (Å²) in [6, 6.07) is 5.08. The number of hydrogen-bond donors (Lipinski definition) is 3. The molecule has 4 nitrogen and oxygen atoms in total. The molecule has 4 N–H and O–H groups in total. The predicted octanol–water partition coefficient (Wildman–Crippen LogP) is 2.59. The van der Waals surface area contributed by atoms with Crippen LogP contribution in [0.1, 0.15) is 13.8 Å². The topological polar surface area (TPSA) is 67.2 Å². The maximum absolute atomic E-state index is 11.5. The molecule has 1 rings (SSSR count). The van der Waals surface area contributed by atoms with Gasteiger partial charge in [-0.25, -0.2) is 0 Å². The number of carbonyl (C=O) groups excluding carboxylic acids is 1. The van der Waals surface area contributed by atoms with E-state index < -0.39 is 0 Å². The summed E-state index contributed by atoms with van der Waals surface area (Å²) in [4.78, 5) is 11.5. The van der Waals surface area contributed by atoms with Crippen molar-refractivity contribution in [1.82, 2.24) is 0 Å². The van der Waals surface area contributed by atoms with E-state index in [1.165, 1.54) is 0 Å². The van der Waals surface area contributed by atoms with Gasteiger partial charge in [-0.05, 0) is 30.4 Å². The first-order valence-electron chi connectivity index (χ1n) is 5.07. The molecule has 1 aromatic carbocycles. The first-order valence-corrected chi connectivity index (χ1v) is 5.85. The fourth-order valence-electron chi connectivity index (χ4n) is 1.11. The molecular formula is C11H14ClN3OS. The largest absolute Gasteiger partial charge is 0.376 e. The monoisotopic (exact) mass is 271 g/mol. The van der Waals surface area contributed by atoms with Crippen molar-refractivity contribution >= 4 is 46.2 Å². The van der Waals surface area contributed by atoms with E-state index in [4.69, 9.17) is 29.6 Å². The van der Waals surface area contributed by atoms with E-state index in [0.29, 0.717) is 16.4 Å². The average Bonchev–Trinajstić information content (AvgIpc) is 2.20. The number of thiocarbonyl (C=S) groups is 1. The van der Waals surface area contributed by atoms with Crippen LogP contribution in [0.5, 0.6) is 0 Å². The van der Waals surface area contributed by atoms with Gasteiger partial charge in [0.1, 0.15) is 0 Å². The van der Waals surface area contributed by atoms with Gasteiger partial charge in [0.15, 0.2) is 5.11 Å². The summed E-state index contributed by atoms with van der Waals surface area (Å²) in [6.07, 6.45) is 0. The molecule has 92 valence electrons. The number of benzene rings is 1. The number of nitrogens with two attached hydrogens (primary N) is 1. The molecular weight excluding hydrogens is 258 g/mol. The Morgan fingerprint density at radius 2 is 2.06 bits per heavy atom. The van der Waals surface area contributed by atoms with Crippen LogP contribution in [0.25, 0.3) is 0 Å². The maximum Gasteiger partial charge on any atom is 0.226 e.